The average Bonchev–Trinajstić information content (AvgIpc) is 2.35. The summed E-state index contributed by atoms with van der Waals surface area (Å²) in [6.07, 6.45) is -4.42. The van der Waals surface area contributed by atoms with Crippen LogP contribution in [0.4, 0.5) is 34.6 Å². The Kier molecular flexibility index (Phi) is 3.89. The molecular weight excluding hydrogens is 340 g/mol. The largest absolute Gasteiger partial charge is 0.416 e. The summed E-state index contributed by atoms with van der Waals surface area (Å²) in [4.78, 5) is 0. The number of nitrogens with one attached hydrogen (secondary N) is 1. The summed E-state index contributed by atoms with van der Waals surface area (Å²) < 4.78 is 51.2. The van der Waals surface area contributed by atoms with Gasteiger partial charge in [-0.25, -0.2) is 4.39 Å². The molecule has 0 heterocycles. The van der Waals surface area contributed by atoms with Gasteiger partial charge in [-0.05, 0) is 40.2 Å². The van der Waals surface area contributed by atoms with Crippen LogP contribution in [0.15, 0.2) is 40.9 Å². The number of nitrogen functional groups attached to an aromatic ring is 1. The smallest absolute Gasteiger partial charge is 0.397 e. The third-order valence-corrected chi connectivity index (χ3v) is 3.17. The lowest BCUT2D eigenvalue weighted by atomic mass is 10.2. The maximum Gasteiger partial charge on any atom is 0.416 e. The van der Waals surface area contributed by atoms with E-state index in [-0.39, 0.29) is 15.8 Å². The molecule has 20 heavy (non-hydrogen) atoms. The SMILES string of the molecule is Nc1cc(F)c(Br)cc1Nc1cccc(C(F)(F)F)c1. The van der Waals surface area contributed by atoms with E-state index in [0.717, 1.165) is 18.2 Å². The Bertz CT molecular complexity index is 641. The normalized spacial score (nSPS) is 11.4. The van der Waals surface area contributed by atoms with Crippen LogP contribution in [-0.4, -0.2) is 0 Å². The first-order valence-electron chi connectivity index (χ1n) is 5.46. The maximum absolute atomic E-state index is 13.2. The highest BCUT2D eigenvalue weighted by Crippen LogP contribution is 2.33. The number of rotatable bonds is 2. The van der Waals surface area contributed by atoms with Gasteiger partial charge in [0.2, 0.25) is 0 Å². The van der Waals surface area contributed by atoms with Crippen LogP contribution < -0.4 is 11.1 Å². The van der Waals surface area contributed by atoms with Crippen molar-refractivity contribution in [1.29, 1.82) is 0 Å². The highest BCUT2D eigenvalue weighted by molar-refractivity contribution is 9.10. The quantitative estimate of drug-likeness (QED) is 0.596. The number of benzene rings is 2. The molecule has 106 valence electrons. The second-order valence-electron chi connectivity index (χ2n) is 4.06. The molecule has 2 aromatic rings. The predicted molar refractivity (Wildman–Crippen MR) is 73.2 cm³/mol. The summed E-state index contributed by atoms with van der Waals surface area (Å²) in [7, 11) is 0. The van der Waals surface area contributed by atoms with Crippen molar-refractivity contribution in [2.75, 3.05) is 11.1 Å². The van der Waals surface area contributed by atoms with Crippen LogP contribution >= 0.6 is 15.9 Å². The van der Waals surface area contributed by atoms with Crippen LogP contribution in [0.5, 0.6) is 0 Å². The molecule has 0 radical (unpaired) electrons. The highest BCUT2D eigenvalue weighted by Gasteiger charge is 2.30. The molecule has 0 amide bonds. The van der Waals surface area contributed by atoms with Crippen molar-refractivity contribution in [3.8, 4) is 0 Å². The van der Waals surface area contributed by atoms with Crippen LogP contribution in [0.1, 0.15) is 5.56 Å². The lowest BCUT2D eigenvalue weighted by Gasteiger charge is -2.12. The molecule has 7 heteroatoms. The number of hydrogen-bond acceptors (Lipinski definition) is 2. The van der Waals surface area contributed by atoms with Gasteiger partial charge in [0.1, 0.15) is 5.82 Å². The number of alkyl halides is 3. The number of hydrogen-bond donors (Lipinski definition) is 2. The third kappa shape index (κ3) is 3.22. The van der Waals surface area contributed by atoms with Gasteiger partial charge >= 0.3 is 6.18 Å². The van der Waals surface area contributed by atoms with Crippen LogP contribution in [-0.2, 0) is 6.18 Å². The van der Waals surface area contributed by atoms with Gasteiger partial charge in [-0.2, -0.15) is 13.2 Å². The van der Waals surface area contributed by atoms with E-state index < -0.39 is 17.6 Å². The molecule has 0 aliphatic rings. The minimum atomic E-state index is -4.42. The van der Waals surface area contributed by atoms with E-state index in [0.29, 0.717) is 5.69 Å². The van der Waals surface area contributed by atoms with E-state index in [1.807, 2.05) is 0 Å². The highest BCUT2D eigenvalue weighted by atomic mass is 79.9. The zero-order valence-electron chi connectivity index (χ0n) is 9.93. The average molecular weight is 349 g/mol. The van der Waals surface area contributed by atoms with Crippen molar-refractivity contribution < 1.29 is 17.6 Å². The summed E-state index contributed by atoms with van der Waals surface area (Å²) in [5, 5.41) is 2.73. The van der Waals surface area contributed by atoms with Crippen LogP contribution in [0, 0.1) is 5.82 Å². The summed E-state index contributed by atoms with van der Waals surface area (Å²) >= 11 is 2.99. The van der Waals surface area contributed by atoms with Crippen LogP contribution in [0.2, 0.25) is 0 Å². The molecule has 0 saturated carbocycles. The Morgan fingerprint density at radius 2 is 1.80 bits per heavy atom. The van der Waals surface area contributed by atoms with Gasteiger partial charge in [0.25, 0.3) is 0 Å². The Morgan fingerprint density at radius 1 is 1.10 bits per heavy atom. The van der Waals surface area contributed by atoms with Gasteiger partial charge in [-0.3, -0.25) is 0 Å². The van der Waals surface area contributed by atoms with Gasteiger partial charge in [0.05, 0.1) is 21.4 Å². The summed E-state index contributed by atoms with van der Waals surface area (Å²) in [6.45, 7) is 0. The fourth-order valence-electron chi connectivity index (χ4n) is 1.60. The zero-order chi connectivity index (χ0) is 14.9. The first-order valence-corrected chi connectivity index (χ1v) is 6.25. The van der Waals surface area contributed by atoms with Gasteiger partial charge in [-0.1, -0.05) is 6.07 Å². The predicted octanol–water partition coefficient (Wildman–Crippen LogP) is 4.93. The Morgan fingerprint density at radius 3 is 2.45 bits per heavy atom. The van der Waals surface area contributed by atoms with E-state index in [9.17, 15) is 17.6 Å². The van der Waals surface area contributed by atoms with Gasteiger partial charge in [-0.15, -0.1) is 0 Å². The summed E-state index contributed by atoms with van der Waals surface area (Å²) in [5.41, 5.74) is 5.47. The van der Waals surface area contributed by atoms with Crippen LogP contribution in [0.25, 0.3) is 0 Å². The van der Waals surface area contributed by atoms with Crippen molar-refractivity contribution in [1.82, 2.24) is 0 Å². The van der Waals surface area contributed by atoms with E-state index in [2.05, 4.69) is 21.2 Å². The molecule has 2 aromatic carbocycles. The summed E-state index contributed by atoms with van der Waals surface area (Å²) in [6, 6.07) is 7.11. The Labute approximate surface area is 120 Å². The standard InChI is InChI=1S/C13H9BrF4N2/c14-9-5-12(11(19)6-10(9)15)20-8-3-1-2-7(4-8)13(16,17)18/h1-6,20H,19H2. The molecule has 0 aliphatic carbocycles. The van der Waals surface area contributed by atoms with E-state index in [1.165, 1.54) is 18.2 Å². The van der Waals surface area contributed by atoms with E-state index in [4.69, 9.17) is 5.73 Å². The molecule has 0 spiro atoms. The fourth-order valence-corrected chi connectivity index (χ4v) is 1.94. The molecule has 0 atom stereocenters. The number of anilines is 3. The summed E-state index contributed by atoms with van der Waals surface area (Å²) in [5.74, 6) is -0.544. The van der Waals surface area contributed by atoms with Crippen LogP contribution in [0.3, 0.4) is 0 Å². The first-order chi connectivity index (χ1) is 9.27. The molecule has 2 nitrogen and oxygen atoms in total. The molecule has 3 N–H and O–H groups in total. The fraction of sp³-hybridized carbons (Fsp3) is 0.0769. The van der Waals surface area contributed by atoms with Crippen molar-refractivity contribution in [3.05, 3.63) is 52.3 Å². The van der Waals surface area contributed by atoms with E-state index in [1.54, 1.807) is 0 Å². The van der Waals surface area contributed by atoms with Gasteiger partial charge in [0, 0.05) is 11.8 Å². The molecule has 0 bridgehead atoms. The Hall–Kier alpha value is -1.76. The van der Waals surface area contributed by atoms with Crippen molar-refractivity contribution in [2.45, 2.75) is 6.18 Å². The number of nitrogens with two attached hydrogens (primary N) is 1. The minimum absolute atomic E-state index is 0.100. The minimum Gasteiger partial charge on any atom is -0.397 e. The van der Waals surface area contributed by atoms with Gasteiger partial charge in [0.15, 0.2) is 0 Å². The molecule has 2 rings (SSSR count). The van der Waals surface area contributed by atoms with Gasteiger partial charge < -0.3 is 11.1 Å². The maximum atomic E-state index is 13.2. The topological polar surface area (TPSA) is 38.0 Å². The lowest BCUT2D eigenvalue weighted by molar-refractivity contribution is -0.137. The first kappa shape index (κ1) is 14.6. The van der Waals surface area contributed by atoms with E-state index >= 15 is 0 Å². The second-order valence-corrected chi connectivity index (χ2v) is 4.91. The molecule has 0 aliphatic heterocycles. The van der Waals surface area contributed by atoms with Crippen molar-refractivity contribution in [3.63, 3.8) is 0 Å². The molecule has 0 unspecified atom stereocenters. The molecular formula is C13H9BrF4N2. The third-order valence-electron chi connectivity index (χ3n) is 2.56. The van der Waals surface area contributed by atoms with Crippen molar-refractivity contribution >= 4 is 33.0 Å². The Balaban J connectivity index is 2.33. The molecule has 0 aromatic heterocycles. The zero-order valence-corrected chi connectivity index (χ0v) is 11.5. The molecule has 0 saturated heterocycles. The monoisotopic (exact) mass is 348 g/mol. The second kappa shape index (κ2) is 5.32. The lowest BCUT2D eigenvalue weighted by Crippen LogP contribution is -2.05. The number of halogens is 5. The molecule has 0 fully saturated rings. The van der Waals surface area contributed by atoms with Crippen molar-refractivity contribution in [2.24, 2.45) is 0 Å².